The van der Waals surface area contributed by atoms with Crippen LogP contribution in [0.15, 0.2) is 36.8 Å². The van der Waals surface area contributed by atoms with Gasteiger partial charge in [0.1, 0.15) is 17.5 Å². The molecular formula is C17H20N6O2. The van der Waals surface area contributed by atoms with Crippen molar-refractivity contribution in [3.8, 4) is 17.3 Å². The van der Waals surface area contributed by atoms with Gasteiger partial charge in [0.15, 0.2) is 5.82 Å². The van der Waals surface area contributed by atoms with E-state index in [9.17, 15) is 4.79 Å². The van der Waals surface area contributed by atoms with Gasteiger partial charge in [-0.1, -0.05) is 11.3 Å². The van der Waals surface area contributed by atoms with Gasteiger partial charge in [-0.2, -0.15) is 0 Å². The van der Waals surface area contributed by atoms with E-state index < -0.39 is 6.04 Å². The van der Waals surface area contributed by atoms with Crippen molar-refractivity contribution >= 4 is 11.6 Å². The highest BCUT2D eigenvalue weighted by atomic mass is 16.5. The van der Waals surface area contributed by atoms with Gasteiger partial charge in [0.05, 0.1) is 19.0 Å². The average Bonchev–Trinajstić information content (AvgIpc) is 3.23. The summed E-state index contributed by atoms with van der Waals surface area (Å²) in [6.45, 7) is 3.71. The number of carbonyl (C=O) groups excluding carboxylic acids is 1. The second-order valence-electron chi connectivity index (χ2n) is 5.81. The fourth-order valence-corrected chi connectivity index (χ4v) is 2.46. The van der Waals surface area contributed by atoms with E-state index >= 15 is 0 Å². The standard InChI is InChI=1S/C17H20N6O2/c1-11-5-6-15(25-4)13(9-11)19-17(24)12(2)23-10-14(20-21-23)16-18-7-8-22(16)3/h5-10,12H,1-4H3,(H,19,24). The fourth-order valence-electron chi connectivity index (χ4n) is 2.46. The predicted molar refractivity (Wildman–Crippen MR) is 93.3 cm³/mol. The van der Waals surface area contributed by atoms with Crippen LogP contribution in [0.1, 0.15) is 18.5 Å². The van der Waals surface area contributed by atoms with Crippen LogP contribution in [-0.4, -0.2) is 37.6 Å². The molecule has 2 heterocycles. The molecule has 0 saturated heterocycles. The zero-order valence-electron chi connectivity index (χ0n) is 14.6. The molecule has 130 valence electrons. The maximum atomic E-state index is 12.6. The zero-order chi connectivity index (χ0) is 18.0. The first-order valence-corrected chi connectivity index (χ1v) is 7.84. The summed E-state index contributed by atoms with van der Waals surface area (Å²) in [5.41, 5.74) is 2.27. The van der Waals surface area contributed by atoms with E-state index in [1.165, 1.54) is 4.68 Å². The molecule has 0 aliphatic heterocycles. The Labute approximate surface area is 145 Å². The van der Waals surface area contributed by atoms with Crippen molar-refractivity contribution in [3.05, 3.63) is 42.4 Å². The predicted octanol–water partition coefficient (Wildman–Crippen LogP) is 2.20. The molecule has 0 saturated carbocycles. The van der Waals surface area contributed by atoms with Crippen LogP contribution in [0.25, 0.3) is 11.5 Å². The topological polar surface area (TPSA) is 86.9 Å². The van der Waals surface area contributed by atoms with Crippen LogP contribution in [0.5, 0.6) is 5.75 Å². The normalized spacial score (nSPS) is 12.0. The van der Waals surface area contributed by atoms with E-state index in [0.29, 0.717) is 23.0 Å². The molecule has 8 heteroatoms. The fraction of sp³-hybridized carbons (Fsp3) is 0.294. The Morgan fingerprint density at radius 2 is 2.16 bits per heavy atom. The van der Waals surface area contributed by atoms with Gasteiger partial charge in [0.25, 0.3) is 0 Å². The highest BCUT2D eigenvalue weighted by molar-refractivity contribution is 5.94. The Balaban J connectivity index is 1.78. The third-order valence-electron chi connectivity index (χ3n) is 3.95. The molecule has 0 radical (unpaired) electrons. The molecular weight excluding hydrogens is 320 g/mol. The molecule has 1 N–H and O–H groups in total. The number of nitrogens with one attached hydrogen (secondary N) is 1. The largest absolute Gasteiger partial charge is 0.495 e. The molecule has 1 atom stereocenters. The summed E-state index contributed by atoms with van der Waals surface area (Å²) in [7, 11) is 3.45. The van der Waals surface area contributed by atoms with E-state index in [2.05, 4.69) is 20.6 Å². The second-order valence-corrected chi connectivity index (χ2v) is 5.81. The zero-order valence-corrected chi connectivity index (χ0v) is 14.6. The van der Waals surface area contributed by atoms with Crippen molar-refractivity contribution < 1.29 is 9.53 Å². The Morgan fingerprint density at radius 3 is 2.84 bits per heavy atom. The van der Waals surface area contributed by atoms with Crippen molar-refractivity contribution in [1.29, 1.82) is 0 Å². The van der Waals surface area contributed by atoms with Gasteiger partial charge in [-0.15, -0.1) is 5.10 Å². The lowest BCUT2D eigenvalue weighted by molar-refractivity contribution is -0.119. The minimum Gasteiger partial charge on any atom is -0.495 e. The number of imidazole rings is 1. The number of aryl methyl sites for hydroxylation is 2. The molecule has 0 bridgehead atoms. The van der Waals surface area contributed by atoms with Crippen molar-refractivity contribution in [2.75, 3.05) is 12.4 Å². The Morgan fingerprint density at radius 1 is 1.36 bits per heavy atom. The maximum absolute atomic E-state index is 12.6. The monoisotopic (exact) mass is 340 g/mol. The Hall–Kier alpha value is -3.16. The van der Waals surface area contributed by atoms with Gasteiger partial charge in [-0.3, -0.25) is 4.79 Å². The summed E-state index contributed by atoms with van der Waals surface area (Å²) >= 11 is 0. The molecule has 0 aliphatic carbocycles. The second kappa shape index (κ2) is 6.76. The maximum Gasteiger partial charge on any atom is 0.249 e. The number of nitrogens with zero attached hydrogens (tertiary/aromatic N) is 5. The third kappa shape index (κ3) is 3.37. The Kier molecular flexibility index (Phi) is 4.51. The van der Waals surface area contributed by atoms with Crippen LogP contribution < -0.4 is 10.1 Å². The molecule has 2 aromatic heterocycles. The van der Waals surface area contributed by atoms with Crippen LogP contribution in [0, 0.1) is 6.92 Å². The molecule has 1 amide bonds. The molecule has 3 rings (SSSR count). The van der Waals surface area contributed by atoms with E-state index in [1.54, 1.807) is 26.4 Å². The first-order chi connectivity index (χ1) is 12.0. The van der Waals surface area contributed by atoms with Gasteiger partial charge < -0.3 is 14.6 Å². The summed E-state index contributed by atoms with van der Waals surface area (Å²) in [5.74, 6) is 1.10. The molecule has 3 aromatic rings. The van der Waals surface area contributed by atoms with Gasteiger partial charge in [0, 0.05) is 19.4 Å². The number of anilines is 1. The van der Waals surface area contributed by atoms with E-state index in [0.717, 1.165) is 5.56 Å². The van der Waals surface area contributed by atoms with Gasteiger partial charge in [0.2, 0.25) is 5.91 Å². The quantitative estimate of drug-likeness (QED) is 0.769. The first kappa shape index (κ1) is 16.7. The van der Waals surface area contributed by atoms with Gasteiger partial charge in [-0.25, -0.2) is 9.67 Å². The minimum absolute atomic E-state index is 0.208. The van der Waals surface area contributed by atoms with E-state index in [4.69, 9.17) is 4.74 Å². The number of ether oxygens (including phenoxy) is 1. The summed E-state index contributed by atoms with van der Waals surface area (Å²) in [6.07, 6.45) is 5.23. The number of amides is 1. The van der Waals surface area contributed by atoms with Crippen LogP contribution >= 0.6 is 0 Å². The number of methoxy groups -OCH3 is 1. The van der Waals surface area contributed by atoms with Crippen molar-refractivity contribution in [2.24, 2.45) is 7.05 Å². The van der Waals surface area contributed by atoms with Crippen LogP contribution in [0.4, 0.5) is 5.69 Å². The van der Waals surface area contributed by atoms with Crippen LogP contribution in [-0.2, 0) is 11.8 Å². The number of hydrogen-bond donors (Lipinski definition) is 1. The summed E-state index contributed by atoms with van der Waals surface area (Å²) < 4.78 is 8.65. The molecule has 0 fully saturated rings. The lowest BCUT2D eigenvalue weighted by Gasteiger charge is -2.14. The molecule has 8 nitrogen and oxygen atoms in total. The molecule has 0 aliphatic rings. The summed E-state index contributed by atoms with van der Waals surface area (Å²) in [6, 6.07) is 5.08. The van der Waals surface area contributed by atoms with Gasteiger partial charge >= 0.3 is 0 Å². The Bertz CT molecular complexity index is 898. The third-order valence-corrected chi connectivity index (χ3v) is 3.95. The smallest absolute Gasteiger partial charge is 0.249 e. The SMILES string of the molecule is COc1ccc(C)cc1NC(=O)C(C)n1cc(-c2nccn2C)nn1. The van der Waals surface area contributed by atoms with Gasteiger partial charge in [-0.05, 0) is 31.5 Å². The lowest BCUT2D eigenvalue weighted by atomic mass is 10.2. The molecule has 1 unspecified atom stereocenters. The minimum atomic E-state index is -0.535. The van der Waals surface area contributed by atoms with Crippen molar-refractivity contribution in [1.82, 2.24) is 24.5 Å². The van der Waals surface area contributed by atoms with Crippen LogP contribution in [0.3, 0.4) is 0 Å². The molecule has 25 heavy (non-hydrogen) atoms. The highest BCUT2D eigenvalue weighted by Gasteiger charge is 2.19. The summed E-state index contributed by atoms with van der Waals surface area (Å²) in [4.78, 5) is 16.8. The first-order valence-electron chi connectivity index (χ1n) is 7.84. The number of carbonyl (C=O) groups is 1. The number of aromatic nitrogens is 5. The van der Waals surface area contributed by atoms with Crippen molar-refractivity contribution in [3.63, 3.8) is 0 Å². The number of rotatable bonds is 5. The summed E-state index contributed by atoms with van der Waals surface area (Å²) in [5, 5.41) is 11.0. The van der Waals surface area contributed by atoms with Crippen molar-refractivity contribution in [2.45, 2.75) is 19.9 Å². The van der Waals surface area contributed by atoms with Crippen LogP contribution in [0.2, 0.25) is 0 Å². The highest BCUT2D eigenvalue weighted by Crippen LogP contribution is 2.26. The molecule has 1 aromatic carbocycles. The lowest BCUT2D eigenvalue weighted by Crippen LogP contribution is -2.24. The number of hydrogen-bond acceptors (Lipinski definition) is 5. The van der Waals surface area contributed by atoms with E-state index in [-0.39, 0.29) is 5.91 Å². The van der Waals surface area contributed by atoms with E-state index in [1.807, 2.05) is 42.9 Å². The molecule has 0 spiro atoms. The average molecular weight is 340 g/mol. The number of benzene rings is 1.